The second-order valence-corrected chi connectivity index (χ2v) is 1.57. The monoisotopic (exact) mass is 130 g/mol. The van der Waals surface area contributed by atoms with Crippen molar-refractivity contribution in [3.8, 4) is 0 Å². The van der Waals surface area contributed by atoms with Crippen LogP contribution in [0.15, 0.2) is 12.3 Å². The second kappa shape index (κ2) is 2.09. The van der Waals surface area contributed by atoms with Crippen molar-refractivity contribution >= 4 is 11.6 Å². The van der Waals surface area contributed by atoms with Crippen molar-refractivity contribution in [2.24, 2.45) is 0 Å². The van der Waals surface area contributed by atoms with Crippen LogP contribution in [-0.2, 0) is 0 Å². The molecule has 0 aliphatic heterocycles. The first-order chi connectivity index (χ1) is 3.79. The summed E-state index contributed by atoms with van der Waals surface area (Å²) in [6, 6.07) is 3.34. The Morgan fingerprint density at radius 1 is 1.75 bits per heavy atom. The molecule has 3 heteroatoms. The molecule has 1 aromatic heterocycles. The topological polar surface area (TPSA) is 12.9 Å². The van der Waals surface area contributed by atoms with Gasteiger partial charge < -0.3 is 0 Å². The normalized spacial score (nSPS) is 9.25. The van der Waals surface area contributed by atoms with Gasteiger partial charge in [-0.1, -0.05) is 11.6 Å². The summed E-state index contributed by atoms with van der Waals surface area (Å²) in [4.78, 5) is 3.51. The molecule has 0 unspecified atom stereocenters. The zero-order valence-electron chi connectivity index (χ0n) is 3.86. The van der Waals surface area contributed by atoms with E-state index in [-0.39, 0.29) is 5.15 Å². The third kappa shape index (κ3) is 1.17. The largest absolute Gasteiger partial charge is 0.244 e. The van der Waals surface area contributed by atoms with E-state index in [2.05, 4.69) is 11.1 Å². The molecule has 0 aliphatic rings. The first-order valence-corrected chi connectivity index (χ1v) is 2.36. The Labute approximate surface area is 51.1 Å². The Kier molecular flexibility index (Phi) is 1.44. The molecule has 0 fully saturated rings. The summed E-state index contributed by atoms with van der Waals surface area (Å²) < 4.78 is 12.0. The van der Waals surface area contributed by atoms with Crippen LogP contribution in [0.1, 0.15) is 0 Å². The smallest absolute Gasteiger partial charge is 0.139 e. The Morgan fingerprint density at radius 3 is 2.88 bits per heavy atom. The van der Waals surface area contributed by atoms with Gasteiger partial charge in [0.15, 0.2) is 0 Å². The highest BCUT2D eigenvalue weighted by atomic mass is 35.5. The Bertz CT molecular complexity index is 172. The van der Waals surface area contributed by atoms with Crippen molar-refractivity contribution in [2.75, 3.05) is 0 Å². The van der Waals surface area contributed by atoms with Crippen LogP contribution >= 0.6 is 11.6 Å². The number of aromatic nitrogens is 1. The van der Waals surface area contributed by atoms with Gasteiger partial charge >= 0.3 is 0 Å². The third-order valence-electron chi connectivity index (χ3n) is 0.631. The van der Waals surface area contributed by atoms with Gasteiger partial charge in [0, 0.05) is 6.20 Å². The number of pyridine rings is 1. The molecule has 0 saturated heterocycles. The Balaban J connectivity index is 3.08. The van der Waals surface area contributed by atoms with Crippen molar-refractivity contribution in [2.45, 2.75) is 0 Å². The van der Waals surface area contributed by atoms with Gasteiger partial charge in [-0.15, -0.1) is 0 Å². The highest BCUT2D eigenvalue weighted by molar-refractivity contribution is 6.29. The van der Waals surface area contributed by atoms with Gasteiger partial charge in [-0.2, -0.15) is 0 Å². The summed E-state index contributed by atoms with van der Waals surface area (Å²) in [5.41, 5.74) is 0. The van der Waals surface area contributed by atoms with Crippen molar-refractivity contribution < 1.29 is 4.39 Å². The first kappa shape index (κ1) is 5.51. The van der Waals surface area contributed by atoms with Gasteiger partial charge in [-0.3, -0.25) is 0 Å². The van der Waals surface area contributed by atoms with Crippen molar-refractivity contribution in [1.82, 2.24) is 4.98 Å². The lowest BCUT2D eigenvalue weighted by atomic mass is 10.5. The predicted octanol–water partition coefficient (Wildman–Crippen LogP) is 1.67. The van der Waals surface area contributed by atoms with E-state index in [1.54, 1.807) is 0 Å². The van der Waals surface area contributed by atoms with Crippen LogP contribution in [-0.4, -0.2) is 4.98 Å². The van der Waals surface area contributed by atoms with Gasteiger partial charge in [0.2, 0.25) is 0 Å². The highest BCUT2D eigenvalue weighted by Gasteiger charge is 1.89. The molecule has 1 nitrogen and oxygen atoms in total. The van der Waals surface area contributed by atoms with Crippen LogP contribution in [0, 0.1) is 11.9 Å². The summed E-state index contributed by atoms with van der Waals surface area (Å²) in [5, 5.41) is 0.0602. The molecule has 0 aliphatic carbocycles. The number of nitrogens with zero attached hydrogens (tertiary/aromatic N) is 1. The predicted molar refractivity (Wildman–Crippen MR) is 28.0 cm³/mol. The standard InChI is InChI=1S/C5H2ClFN/c6-5-3-4(7)1-2-8-5/h1-2H. The molecule has 0 spiro atoms. The molecule has 0 N–H and O–H groups in total. The van der Waals surface area contributed by atoms with E-state index in [0.29, 0.717) is 0 Å². The van der Waals surface area contributed by atoms with E-state index in [4.69, 9.17) is 11.6 Å². The van der Waals surface area contributed by atoms with E-state index in [1.165, 1.54) is 12.3 Å². The minimum absolute atomic E-state index is 0.0602. The van der Waals surface area contributed by atoms with Crippen LogP contribution in [0.3, 0.4) is 0 Å². The van der Waals surface area contributed by atoms with E-state index in [1.807, 2.05) is 0 Å². The Morgan fingerprint density at radius 2 is 2.50 bits per heavy atom. The summed E-state index contributed by atoms with van der Waals surface area (Å²) in [5.74, 6) is -0.481. The quantitative estimate of drug-likeness (QED) is 0.487. The van der Waals surface area contributed by atoms with Crippen LogP contribution in [0.4, 0.5) is 4.39 Å². The third-order valence-corrected chi connectivity index (χ3v) is 0.823. The minimum Gasteiger partial charge on any atom is -0.244 e. The summed E-state index contributed by atoms with van der Waals surface area (Å²) in [6.45, 7) is 0. The van der Waals surface area contributed by atoms with Crippen LogP contribution in [0.25, 0.3) is 0 Å². The van der Waals surface area contributed by atoms with Crippen LogP contribution in [0.2, 0.25) is 5.15 Å². The fourth-order valence-corrected chi connectivity index (χ4v) is 0.487. The summed E-state index contributed by atoms with van der Waals surface area (Å²) in [6.07, 6.45) is 1.29. The molecule has 0 bridgehead atoms. The zero-order chi connectivity index (χ0) is 5.98. The van der Waals surface area contributed by atoms with Gasteiger partial charge in [-0.05, 0) is 6.07 Å². The molecular formula is C5H2ClFN. The number of hydrogen-bond acceptors (Lipinski definition) is 1. The summed E-state index contributed by atoms with van der Waals surface area (Å²) >= 11 is 5.24. The fourth-order valence-electron chi connectivity index (χ4n) is 0.341. The lowest BCUT2D eigenvalue weighted by molar-refractivity contribution is 0.623. The first-order valence-electron chi connectivity index (χ1n) is 1.98. The number of hydrogen-bond donors (Lipinski definition) is 0. The van der Waals surface area contributed by atoms with E-state index in [9.17, 15) is 4.39 Å². The lowest BCUT2D eigenvalue weighted by Crippen LogP contribution is -1.75. The molecule has 1 heterocycles. The fraction of sp³-hybridized carbons (Fsp3) is 0. The second-order valence-electron chi connectivity index (χ2n) is 1.21. The summed E-state index contributed by atoms with van der Waals surface area (Å²) in [7, 11) is 0. The van der Waals surface area contributed by atoms with Crippen molar-refractivity contribution in [1.29, 1.82) is 0 Å². The minimum atomic E-state index is -0.481. The number of rotatable bonds is 0. The van der Waals surface area contributed by atoms with E-state index in [0.717, 1.165) is 0 Å². The lowest BCUT2D eigenvalue weighted by Gasteiger charge is -1.83. The van der Waals surface area contributed by atoms with Crippen molar-refractivity contribution in [3.63, 3.8) is 0 Å². The SMILES string of the molecule is Fc1[c]c(Cl)ncc1. The maximum absolute atomic E-state index is 12.0. The maximum Gasteiger partial charge on any atom is 0.139 e. The maximum atomic E-state index is 12.0. The van der Waals surface area contributed by atoms with Gasteiger partial charge in [-0.25, -0.2) is 9.37 Å². The molecule has 41 valence electrons. The van der Waals surface area contributed by atoms with Gasteiger partial charge in [0.1, 0.15) is 11.0 Å². The molecule has 1 radical (unpaired) electrons. The van der Waals surface area contributed by atoms with E-state index >= 15 is 0 Å². The molecule has 0 saturated carbocycles. The molecule has 1 rings (SSSR count). The molecule has 0 aromatic carbocycles. The molecule has 0 amide bonds. The zero-order valence-corrected chi connectivity index (χ0v) is 4.61. The number of halogens is 2. The highest BCUT2D eigenvalue weighted by Crippen LogP contribution is 2.02. The van der Waals surface area contributed by atoms with Crippen LogP contribution in [0.5, 0.6) is 0 Å². The van der Waals surface area contributed by atoms with E-state index < -0.39 is 5.82 Å². The van der Waals surface area contributed by atoms with Gasteiger partial charge in [0.05, 0.1) is 6.07 Å². The average Bonchev–Trinajstić information content (AvgIpc) is 1.64. The van der Waals surface area contributed by atoms with Gasteiger partial charge in [0.25, 0.3) is 0 Å². The molecular weight excluding hydrogens is 129 g/mol. The molecule has 0 atom stereocenters. The Hall–Kier alpha value is -0.630. The molecule has 1 aromatic rings. The molecule has 8 heavy (non-hydrogen) atoms. The van der Waals surface area contributed by atoms with Crippen LogP contribution < -0.4 is 0 Å². The average molecular weight is 131 g/mol. The van der Waals surface area contributed by atoms with Crippen molar-refractivity contribution in [3.05, 3.63) is 29.3 Å².